The number of rotatable bonds is 3. The van der Waals surface area contributed by atoms with E-state index in [9.17, 15) is 5.11 Å². The van der Waals surface area contributed by atoms with Crippen LogP contribution in [0.25, 0.3) is 0 Å². The first-order valence-corrected chi connectivity index (χ1v) is 7.38. The van der Waals surface area contributed by atoms with Crippen LogP contribution in [0.4, 0.5) is 17.1 Å². The summed E-state index contributed by atoms with van der Waals surface area (Å²) in [5.74, 6) is 0.272. The molecule has 3 aromatic carbocycles. The highest BCUT2D eigenvalue weighted by Crippen LogP contribution is 2.41. The summed E-state index contributed by atoms with van der Waals surface area (Å²) in [6, 6.07) is 23.9. The van der Waals surface area contributed by atoms with Crippen LogP contribution in [0.1, 0.15) is 11.1 Å². The minimum absolute atomic E-state index is 0.272. The van der Waals surface area contributed by atoms with Crippen molar-refractivity contribution in [2.24, 2.45) is 0 Å². The lowest BCUT2D eigenvalue weighted by atomic mass is 10.1. The molecule has 0 bridgehead atoms. The topological polar surface area (TPSA) is 23.5 Å². The zero-order valence-electron chi connectivity index (χ0n) is 12.8. The molecule has 1 N–H and O–H groups in total. The Kier molecular flexibility index (Phi) is 3.84. The van der Waals surface area contributed by atoms with Gasteiger partial charge in [0, 0.05) is 11.4 Å². The molecule has 0 atom stereocenters. The van der Waals surface area contributed by atoms with Crippen molar-refractivity contribution in [2.75, 3.05) is 4.90 Å². The van der Waals surface area contributed by atoms with Crippen LogP contribution >= 0.6 is 0 Å². The standard InChI is InChI=1S/C20H19NO/c1-15-9-3-5-11-17(15)21(18-12-6-4-10-16(18)2)19-13-7-8-14-20(19)22/h3-14,22H,1-2H3. The minimum Gasteiger partial charge on any atom is -0.506 e. The summed E-state index contributed by atoms with van der Waals surface area (Å²) in [6.07, 6.45) is 0. The largest absolute Gasteiger partial charge is 0.506 e. The van der Waals surface area contributed by atoms with E-state index in [1.807, 2.05) is 42.5 Å². The van der Waals surface area contributed by atoms with Gasteiger partial charge in [0.15, 0.2) is 0 Å². The Morgan fingerprint density at radius 3 is 1.45 bits per heavy atom. The Bertz CT molecular complexity index is 687. The van der Waals surface area contributed by atoms with E-state index in [4.69, 9.17) is 0 Å². The minimum atomic E-state index is 0.272. The van der Waals surface area contributed by atoms with Gasteiger partial charge in [0.05, 0.1) is 5.69 Å². The summed E-state index contributed by atoms with van der Waals surface area (Å²) in [6.45, 7) is 4.17. The van der Waals surface area contributed by atoms with Crippen LogP contribution in [0.15, 0.2) is 72.8 Å². The van der Waals surface area contributed by atoms with Gasteiger partial charge >= 0.3 is 0 Å². The fourth-order valence-corrected chi connectivity index (χ4v) is 2.67. The predicted molar refractivity (Wildman–Crippen MR) is 92.3 cm³/mol. The SMILES string of the molecule is Cc1ccccc1N(c1ccccc1C)c1ccccc1O. The first-order chi connectivity index (χ1) is 10.7. The molecule has 2 heteroatoms. The third-order valence-electron chi connectivity index (χ3n) is 3.84. The highest BCUT2D eigenvalue weighted by Gasteiger charge is 2.18. The summed E-state index contributed by atoms with van der Waals surface area (Å²) in [5, 5.41) is 10.3. The number of para-hydroxylation sites is 4. The first kappa shape index (κ1) is 14.2. The average molecular weight is 289 g/mol. The van der Waals surface area contributed by atoms with Crippen LogP contribution in [0, 0.1) is 13.8 Å². The second kappa shape index (κ2) is 5.94. The van der Waals surface area contributed by atoms with Crippen molar-refractivity contribution in [1.29, 1.82) is 0 Å². The first-order valence-electron chi connectivity index (χ1n) is 7.38. The monoisotopic (exact) mass is 289 g/mol. The summed E-state index contributed by atoms with van der Waals surface area (Å²) < 4.78 is 0. The molecular formula is C20H19NO. The molecule has 0 radical (unpaired) electrons. The highest BCUT2D eigenvalue weighted by molar-refractivity contribution is 5.82. The van der Waals surface area contributed by atoms with E-state index in [1.54, 1.807) is 6.07 Å². The Hall–Kier alpha value is -2.74. The van der Waals surface area contributed by atoms with Gasteiger partial charge in [-0.25, -0.2) is 0 Å². The van der Waals surface area contributed by atoms with Gasteiger partial charge in [-0.15, -0.1) is 0 Å². The lowest BCUT2D eigenvalue weighted by Crippen LogP contribution is -2.12. The highest BCUT2D eigenvalue weighted by atomic mass is 16.3. The number of aryl methyl sites for hydroxylation is 2. The fourth-order valence-electron chi connectivity index (χ4n) is 2.67. The van der Waals surface area contributed by atoms with Gasteiger partial charge in [-0.3, -0.25) is 0 Å². The number of anilines is 3. The van der Waals surface area contributed by atoms with E-state index >= 15 is 0 Å². The molecule has 0 unspecified atom stereocenters. The van der Waals surface area contributed by atoms with Gasteiger partial charge in [0.1, 0.15) is 5.75 Å². The lowest BCUT2D eigenvalue weighted by molar-refractivity contribution is 0.476. The molecule has 22 heavy (non-hydrogen) atoms. The third-order valence-corrected chi connectivity index (χ3v) is 3.84. The van der Waals surface area contributed by atoms with E-state index in [2.05, 4.69) is 43.0 Å². The summed E-state index contributed by atoms with van der Waals surface area (Å²) >= 11 is 0. The van der Waals surface area contributed by atoms with Crippen LogP contribution < -0.4 is 4.90 Å². The molecule has 0 aromatic heterocycles. The summed E-state index contributed by atoms with van der Waals surface area (Å²) in [5.41, 5.74) is 5.24. The van der Waals surface area contributed by atoms with E-state index in [-0.39, 0.29) is 5.75 Å². The van der Waals surface area contributed by atoms with Crippen molar-refractivity contribution >= 4 is 17.1 Å². The molecule has 2 nitrogen and oxygen atoms in total. The molecule has 0 aliphatic heterocycles. The second-order valence-corrected chi connectivity index (χ2v) is 5.40. The molecular weight excluding hydrogens is 270 g/mol. The maximum Gasteiger partial charge on any atom is 0.139 e. The molecule has 0 aliphatic carbocycles. The number of aromatic hydroxyl groups is 1. The van der Waals surface area contributed by atoms with Crippen LogP contribution in [-0.2, 0) is 0 Å². The Morgan fingerprint density at radius 1 is 0.591 bits per heavy atom. The van der Waals surface area contributed by atoms with E-state index in [0.29, 0.717) is 0 Å². The summed E-state index contributed by atoms with van der Waals surface area (Å²) in [4.78, 5) is 2.11. The van der Waals surface area contributed by atoms with E-state index in [1.165, 1.54) is 0 Å². The lowest BCUT2D eigenvalue weighted by Gasteiger charge is -2.28. The van der Waals surface area contributed by atoms with Crippen LogP contribution in [-0.4, -0.2) is 5.11 Å². The molecule has 0 heterocycles. The van der Waals surface area contributed by atoms with Crippen molar-refractivity contribution in [2.45, 2.75) is 13.8 Å². The molecule has 0 spiro atoms. The molecule has 0 amide bonds. The predicted octanol–water partition coefficient (Wildman–Crippen LogP) is 5.48. The van der Waals surface area contributed by atoms with Gasteiger partial charge in [-0.05, 0) is 49.2 Å². The molecule has 110 valence electrons. The Morgan fingerprint density at radius 2 is 1.00 bits per heavy atom. The number of benzene rings is 3. The van der Waals surface area contributed by atoms with Gasteiger partial charge < -0.3 is 10.0 Å². The van der Waals surface area contributed by atoms with Gasteiger partial charge in [0.25, 0.3) is 0 Å². The molecule has 0 fully saturated rings. The maximum atomic E-state index is 10.3. The summed E-state index contributed by atoms with van der Waals surface area (Å²) in [7, 11) is 0. The third kappa shape index (κ3) is 2.56. The van der Waals surface area contributed by atoms with E-state index in [0.717, 1.165) is 28.2 Å². The van der Waals surface area contributed by atoms with E-state index < -0.39 is 0 Å². The van der Waals surface area contributed by atoms with Crippen molar-refractivity contribution in [1.82, 2.24) is 0 Å². The van der Waals surface area contributed by atoms with Gasteiger partial charge in [-0.1, -0.05) is 48.5 Å². The van der Waals surface area contributed by atoms with Crippen molar-refractivity contribution in [3.63, 3.8) is 0 Å². The normalized spacial score (nSPS) is 10.5. The molecule has 0 saturated carbocycles. The fraction of sp³-hybridized carbons (Fsp3) is 0.100. The van der Waals surface area contributed by atoms with Crippen molar-refractivity contribution < 1.29 is 5.11 Å². The molecule has 3 rings (SSSR count). The van der Waals surface area contributed by atoms with Crippen molar-refractivity contribution in [3.8, 4) is 5.75 Å². The molecule has 3 aromatic rings. The van der Waals surface area contributed by atoms with Crippen LogP contribution in [0.2, 0.25) is 0 Å². The maximum absolute atomic E-state index is 10.3. The smallest absolute Gasteiger partial charge is 0.139 e. The Balaban J connectivity index is 2.27. The van der Waals surface area contributed by atoms with Crippen molar-refractivity contribution in [3.05, 3.63) is 83.9 Å². The number of hydrogen-bond donors (Lipinski definition) is 1. The molecule has 0 saturated heterocycles. The van der Waals surface area contributed by atoms with Gasteiger partial charge in [-0.2, -0.15) is 0 Å². The van der Waals surface area contributed by atoms with Gasteiger partial charge in [0.2, 0.25) is 0 Å². The second-order valence-electron chi connectivity index (χ2n) is 5.40. The Labute approximate surface area is 131 Å². The number of hydrogen-bond acceptors (Lipinski definition) is 2. The number of nitrogens with zero attached hydrogens (tertiary/aromatic N) is 1. The zero-order valence-corrected chi connectivity index (χ0v) is 12.8. The average Bonchev–Trinajstić information content (AvgIpc) is 2.53. The zero-order chi connectivity index (χ0) is 15.5. The van der Waals surface area contributed by atoms with Crippen LogP contribution in [0.5, 0.6) is 5.75 Å². The quantitative estimate of drug-likeness (QED) is 0.690. The van der Waals surface area contributed by atoms with Crippen LogP contribution in [0.3, 0.4) is 0 Å². The molecule has 0 aliphatic rings. The number of phenolic OH excluding ortho intramolecular Hbond substituents is 1. The number of phenols is 1.